The van der Waals surface area contributed by atoms with Gasteiger partial charge in [0.05, 0.1) is 5.70 Å². The SMILES string of the molecule is N#C/C(NN)=C(/N)c1cccc(-c2ccc3ccccc3c2)c1. The van der Waals surface area contributed by atoms with Crippen molar-refractivity contribution < 1.29 is 0 Å². The smallest absolute Gasteiger partial charge is 0.151 e. The van der Waals surface area contributed by atoms with Crippen LogP contribution in [-0.4, -0.2) is 0 Å². The fraction of sp³-hybridized carbons (Fsp3) is 0. The first-order valence-corrected chi connectivity index (χ1v) is 7.19. The number of benzene rings is 3. The highest BCUT2D eigenvalue weighted by Crippen LogP contribution is 2.26. The minimum absolute atomic E-state index is 0.153. The Morgan fingerprint density at radius 2 is 1.61 bits per heavy atom. The number of hydrazine groups is 1. The van der Waals surface area contributed by atoms with E-state index in [-0.39, 0.29) is 5.70 Å². The van der Waals surface area contributed by atoms with E-state index in [0.717, 1.165) is 16.7 Å². The van der Waals surface area contributed by atoms with Crippen molar-refractivity contribution in [2.24, 2.45) is 11.6 Å². The molecule has 3 aromatic rings. The van der Waals surface area contributed by atoms with Crippen molar-refractivity contribution in [2.75, 3.05) is 0 Å². The standard InChI is InChI=1S/C19H16N4/c20-12-18(23-22)19(21)17-7-3-6-15(11-17)16-9-8-13-4-1-2-5-14(13)10-16/h1-11,23H,21-22H2/b19-18-. The fourth-order valence-corrected chi connectivity index (χ4v) is 2.55. The van der Waals surface area contributed by atoms with Gasteiger partial charge in [0.25, 0.3) is 0 Å². The lowest BCUT2D eigenvalue weighted by Gasteiger charge is -2.09. The highest BCUT2D eigenvalue weighted by molar-refractivity contribution is 5.87. The maximum Gasteiger partial charge on any atom is 0.151 e. The Morgan fingerprint density at radius 3 is 2.35 bits per heavy atom. The van der Waals surface area contributed by atoms with E-state index >= 15 is 0 Å². The summed E-state index contributed by atoms with van der Waals surface area (Å²) in [5.74, 6) is 5.32. The quantitative estimate of drug-likeness (QED) is 0.394. The molecule has 0 radical (unpaired) electrons. The first kappa shape index (κ1) is 14.6. The van der Waals surface area contributed by atoms with Gasteiger partial charge in [-0.1, -0.05) is 54.6 Å². The molecule has 0 aromatic heterocycles. The first-order valence-electron chi connectivity index (χ1n) is 7.19. The van der Waals surface area contributed by atoms with E-state index in [1.54, 1.807) is 0 Å². The molecule has 4 nitrogen and oxygen atoms in total. The van der Waals surface area contributed by atoms with E-state index in [4.69, 9.17) is 16.8 Å². The van der Waals surface area contributed by atoms with E-state index in [1.807, 2.05) is 42.5 Å². The van der Waals surface area contributed by atoms with Crippen LogP contribution in [0.5, 0.6) is 0 Å². The zero-order chi connectivity index (χ0) is 16.2. The number of hydrogen-bond donors (Lipinski definition) is 3. The van der Waals surface area contributed by atoms with Crippen molar-refractivity contribution >= 4 is 16.5 Å². The van der Waals surface area contributed by atoms with Crippen LogP contribution in [0, 0.1) is 11.3 Å². The second-order valence-electron chi connectivity index (χ2n) is 5.19. The number of rotatable bonds is 3. The summed E-state index contributed by atoms with van der Waals surface area (Å²) >= 11 is 0. The van der Waals surface area contributed by atoms with Crippen LogP contribution in [0.4, 0.5) is 0 Å². The molecule has 0 unspecified atom stereocenters. The van der Waals surface area contributed by atoms with Gasteiger partial charge in [-0.3, -0.25) is 0 Å². The van der Waals surface area contributed by atoms with Gasteiger partial charge in [0.15, 0.2) is 5.70 Å². The molecule has 0 amide bonds. The van der Waals surface area contributed by atoms with E-state index < -0.39 is 0 Å². The predicted molar refractivity (Wildman–Crippen MR) is 93.4 cm³/mol. The molecule has 0 fully saturated rings. The lowest BCUT2D eigenvalue weighted by Crippen LogP contribution is -2.23. The maximum atomic E-state index is 9.03. The molecule has 0 heterocycles. The number of nitrogens with zero attached hydrogens (tertiary/aromatic N) is 1. The molecule has 23 heavy (non-hydrogen) atoms. The molecule has 0 aliphatic heterocycles. The van der Waals surface area contributed by atoms with Crippen LogP contribution in [0.1, 0.15) is 5.56 Å². The Kier molecular flexibility index (Phi) is 3.96. The van der Waals surface area contributed by atoms with Crippen LogP contribution >= 0.6 is 0 Å². The second-order valence-corrected chi connectivity index (χ2v) is 5.19. The van der Waals surface area contributed by atoms with Crippen LogP contribution in [0.3, 0.4) is 0 Å². The number of fused-ring (bicyclic) bond motifs is 1. The van der Waals surface area contributed by atoms with Gasteiger partial charge in [-0.05, 0) is 34.0 Å². The number of hydrogen-bond acceptors (Lipinski definition) is 4. The van der Waals surface area contributed by atoms with Gasteiger partial charge in [0, 0.05) is 5.56 Å². The molecule has 5 N–H and O–H groups in total. The Morgan fingerprint density at radius 1 is 0.870 bits per heavy atom. The van der Waals surface area contributed by atoms with E-state index in [1.165, 1.54) is 10.8 Å². The molecule has 112 valence electrons. The topological polar surface area (TPSA) is 87.9 Å². The minimum atomic E-state index is 0.153. The van der Waals surface area contributed by atoms with Crippen molar-refractivity contribution in [3.63, 3.8) is 0 Å². The fourth-order valence-electron chi connectivity index (χ4n) is 2.55. The van der Waals surface area contributed by atoms with E-state index in [9.17, 15) is 0 Å². The molecule has 0 saturated heterocycles. The third-order valence-corrected chi connectivity index (χ3v) is 3.78. The Labute approximate surface area is 134 Å². The van der Waals surface area contributed by atoms with Gasteiger partial charge in [-0.15, -0.1) is 0 Å². The molecule has 3 rings (SSSR count). The lowest BCUT2D eigenvalue weighted by molar-refractivity contribution is 0.920. The van der Waals surface area contributed by atoms with Crippen molar-refractivity contribution in [3.05, 3.63) is 78.0 Å². The highest BCUT2D eigenvalue weighted by Gasteiger charge is 2.06. The Balaban J connectivity index is 2.08. The number of nitrogens with one attached hydrogen (secondary N) is 1. The third kappa shape index (κ3) is 2.86. The molecule has 0 bridgehead atoms. The van der Waals surface area contributed by atoms with Gasteiger partial charge >= 0.3 is 0 Å². The van der Waals surface area contributed by atoms with E-state index in [0.29, 0.717) is 5.70 Å². The van der Waals surface area contributed by atoms with Crippen LogP contribution in [0.2, 0.25) is 0 Å². The Hall–Kier alpha value is -3.29. The summed E-state index contributed by atoms with van der Waals surface area (Å²) in [6, 6.07) is 24.2. The second kappa shape index (κ2) is 6.22. The summed E-state index contributed by atoms with van der Waals surface area (Å²) in [7, 11) is 0. The highest BCUT2D eigenvalue weighted by atomic mass is 15.2. The molecule has 0 aliphatic carbocycles. The molecular formula is C19H16N4. The normalized spacial score (nSPS) is 11.7. The van der Waals surface area contributed by atoms with Gasteiger partial charge in [-0.2, -0.15) is 5.26 Å². The molecule has 4 heteroatoms. The van der Waals surface area contributed by atoms with Gasteiger partial charge in [0.2, 0.25) is 0 Å². The Bertz CT molecular complexity index is 935. The first-order chi connectivity index (χ1) is 11.2. The molecule has 0 spiro atoms. The largest absolute Gasteiger partial charge is 0.396 e. The zero-order valence-corrected chi connectivity index (χ0v) is 12.5. The molecule has 0 saturated carbocycles. The summed E-state index contributed by atoms with van der Waals surface area (Å²) in [5.41, 5.74) is 11.7. The molecule has 0 atom stereocenters. The van der Waals surface area contributed by atoms with Gasteiger partial charge in [0.1, 0.15) is 6.07 Å². The van der Waals surface area contributed by atoms with Crippen molar-refractivity contribution in [3.8, 4) is 17.2 Å². The monoisotopic (exact) mass is 300 g/mol. The summed E-state index contributed by atoms with van der Waals surface area (Å²) in [6.07, 6.45) is 0. The predicted octanol–water partition coefficient (Wildman–Crippen LogP) is 3.12. The van der Waals surface area contributed by atoms with Crippen molar-refractivity contribution in [1.82, 2.24) is 5.43 Å². The maximum absolute atomic E-state index is 9.03. The number of allylic oxidation sites excluding steroid dienone is 1. The third-order valence-electron chi connectivity index (χ3n) is 3.78. The van der Waals surface area contributed by atoms with E-state index in [2.05, 4.69) is 35.8 Å². The molecule has 3 aromatic carbocycles. The minimum Gasteiger partial charge on any atom is -0.396 e. The van der Waals surface area contributed by atoms with Crippen molar-refractivity contribution in [1.29, 1.82) is 5.26 Å². The van der Waals surface area contributed by atoms with Crippen LogP contribution in [0.25, 0.3) is 27.6 Å². The van der Waals surface area contributed by atoms with Gasteiger partial charge < -0.3 is 11.2 Å². The molecular weight excluding hydrogens is 284 g/mol. The van der Waals surface area contributed by atoms with Crippen LogP contribution < -0.4 is 17.0 Å². The zero-order valence-electron chi connectivity index (χ0n) is 12.5. The number of nitrogens with two attached hydrogens (primary N) is 2. The average molecular weight is 300 g/mol. The van der Waals surface area contributed by atoms with Crippen molar-refractivity contribution in [2.45, 2.75) is 0 Å². The van der Waals surface area contributed by atoms with Gasteiger partial charge in [-0.25, -0.2) is 5.84 Å². The lowest BCUT2D eigenvalue weighted by atomic mass is 9.99. The molecule has 0 aliphatic rings. The van der Waals surface area contributed by atoms with Crippen LogP contribution in [0.15, 0.2) is 72.4 Å². The average Bonchev–Trinajstić information content (AvgIpc) is 2.62. The summed E-state index contributed by atoms with van der Waals surface area (Å²) < 4.78 is 0. The summed E-state index contributed by atoms with van der Waals surface area (Å²) in [5, 5.41) is 11.4. The van der Waals surface area contributed by atoms with Crippen LogP contribution in [-0.2, 0) is 0 Å². The summed E-state index contributed by atoms with van der Waals surface area (Å²) in [6.45, 7) is 0. The summed E-state index contributed by atoms with van der Waals surface area (Å²) in [4.78, 5) is 0. The number of nitriles is 1.